The van der Waals surface area contributed by atoms with Crippen LogP contribution in [0.5, 0.6) is 0 Å². The highest BCUT2D eigenvalue weighted by Crippen LogP contribution is 2.22. The molecule has 20 heavy (non-hydrogen) atoms. The van der Waals surface area contributed by atoms with Crippen LogP contribution in [0.15, 0.2) is 18.2 Å². The Morgan fingerprint density at radius 3 is 2.45 bits per heavy atom. The van der Waals surface area contributed by atoms with Crippen molar-refractivity contribution < 1.29 is 24.6 Å². The summed E-state index contributed by atoms with van der Waals surface area (Å²) in [4.78, 5) is 32.9. The van der Waals surface area contributed by atoms with E-state index in [0.717, 1.165) is 5.56 Å². The molecule has 4 N–H and O–H groups in total. The lowest BCUT2D eigenvalue weighted by Gasteiger charge is -2.14. The summed E-state index contributed by atoms with van der Waals surface area (Å²) in [6, 6.07) is 2.54. The zero-order chi connectivity index (χ0) is 15.3. The minimum absolute atomic E-state index is 0.297. The fourth-order valence-electron chi connectivity index (χ4n) is 1.41. The number of carboxylic acid groups (broad SMARTS) is 2. The summed E-state index contributed by atoms with van der Waals surface area (Å²) in [5, 5.41) is 22.1. The molecule has 1 aromatic carbocycles. The number of amides is 2. The van der Waals surface area contributed by atoms with Gasteiger partial charge in [0.1, 0.15) is 6.04 Å². The summed E-state index contributed by atoms with van der Waals surface area (Å²) in [6.07, 6.45) is -0.718. The number of carbonyl (C=O) groups is 3. The zero-order valence-corrected chi connectivity index (χ0v) is 11.3. The van der Waals surface area contributed by atoms with Crippen LogP contribution in [0.1, 0.15) is 12.0 Å². The summed E-state index contributed by atoms with van der Waals surface area (Å²) in [5.41, 5.74) is 1.20. The van der Waals surface area contributed by atoms with Gasteiger partial charge in [0, 0.05) is 0 Å². The fraction of sp³-hybridized carbons (Fsp3) is 0.250. The molecule has 7 nitrogen and oxygen atoms in total. The van der Waals surface area contributed by atoms with E-state index in [0.29, 0.717) is 10.7 Å². The van der Waals surface area contributed by atoms with Crippen LogP contribution in [0.3, 0.4) is 0 Å². The Labute approximate surface area is 119 Å². The standard InChI is InChI=1S/C12H13ClN2O5/c1-6-2-3-8(7(13)4-6)14-12(20)15-9(11(18)19)5-10(16)17/h2-4,9H,5H2,1H3,(H,16,17)(H,18,19)(H2,14,15,20)/t9-/m1/s1. The molecule has 8 heteroatoms. The van der Waals surface area contributed by atoms with E-state index in [1.807, 2.05) is 12.2 Å². The predicted octanol–water partition coefficient (Wildman–Crippen LogP) is 1.70. The van der Waals surface area contributed by atoms with Crippen molar-refractivity contribution in [3.63, 3.8) is 0 Å². The summed E-state index contributed by atoms with van der Waals surface area (Å²) < 4.78 is 0. The van der Waals surface area contributed by atoms with Crippen molar-refractivity contribution >= 4 is 35.3 Å². The molecule has 0 aromatic heterocycles. The fourth-order valence-corrected chi connectivity index (χ4v) is 1.70. The molecule has 0 saturated carbocycles. The maximum absolute atomic E-state index is 11.6. The van der Waals surface area contributed by atoms with Crippen LogP contribution < -0.4 is 10.6 Å². The Hall–Kier alpha value is -2.28. The van der Waals surface area contributed by atoms with Gasteiger partial charge in [0.2, 0.25) is 0 Å². The van der Waals surface area contributed by atoms with E-state index in [9.17, 15) is 14.4 Å². The SMILES string of the molecule is Cc1ccc(NC(=O)N[C@H](CC(=O)O)C(=O)O)c(Cl)c1. The first kappa shape index (κ1) is 15.8. The van der Waals surface area contributed by atoms with Gasteiger partial charge in [-0.1, -0.05) is 17.7 Å². The average molecular weight is 301 g/mol. The zero-order valence-electron chi connectivity index (χ0n) is 10.5. The van der Waals surface area contributed by atoms with Gasteiger partial charge in [-0.25, -0.2) is 9.59 Å². The highest BCUT2D eigenvalue weighted by molar-refractivity contribution is 6.33. The van der Waals surface area contributed by atoms with E-state index in [1.54, 1.807) is 18.2 Å². The van der Waals surface area contributed by atoms with Crippen molar-refractivity contribution in [3.8, 4) is 0 Å². The number of benzene rings is 1. The number of anilines is 1. The van der Waals surface area contributed by atoms with Crippen LogP contribution in [-0.4, -0.2) is 34.2 Å². The van der Waals surface area contributed by atoms with Crippen molar-refractivity contribution in [1.82, 2.24) is 5.32 Å². The van der Waals surface area contributed by atoms with Crippen LogP contribution in [0.25, 0.3) is 0 Å². The van der Waals surface area contributed by atoms with E-state index in [2.05, 4.69) is 5.32 Å². The summed E-state index contributed by atoms with van der Waals surface area (Å²) in [5.74, 6) is -2.76. The molecule has 0 saturated heterocycles. The van der Waals surface area contributed by atoms with Gasteiger partial charge in [-0.05, 0) is 24.6 Å². The van der Waals surface area contributed by atoms with Gasteiger partial charge in [-0.15, -0.1) is 0 Å². The third kappa shape index (κ3) is 4.77. The number of carboxylic acids is 2. The smallest absolute Gasteiger partial charge is 0.326 e. The van der Waals surface area contributed by atoms with Gasteiger partial charge < -0.3 is 20.8 Å². The van der Waals surface area contributed by atoms with Gasteiger partial charge >= 0.3 is 18.0 Å². The Morgan fingerprint density at radius 1 is 1.30 bits per heavy atom. The second kappa shape index (κ2) is 6.76. The highest BCUT2D eigenvalue weighted by Gasteiger charge is 2.23. The van der Waals surface area contributed by atoms with Crippen LogP contribution in [0.2, 0.25) is 5.02 Å². The van der Waals surface area contributed by atoms with E-state index >= 15 is 0 Å². The Kier molecular flexibility index (Phi) is 5.33. The van der Waals surface area contributed by atoms with E-state index < -0.39 is 30.4 Å². The van der Waals surface area contributed by atoms with Gasteiger partial charge in [-0.3, -0.25) is 4.79 Å². The number of hydrogen-bond acceptors (Lipinski definition) is 3. The molecule has 0 aliphatic heterocycles. The van der Waals surface area contributed by atoms with Crippen LogP contribution in [0.4, 0.5) is 10.5 Å². The number of rotatable bonds is 5. The first-order valence-corrected chi connectivity index (χ1v) is 5.95. The number of nitrogens with one attached hydrogen (secondary N) is 2. The maximum atomic E-state index is 11.6. The molecule has 2 amide bonds. The lowest BCUT2D eigenvalue weighted by atomic mass is 10.2. The van der Waals surface area contributed by atoms with Crippen molar-refractivity contribution in [2.24, 2.45) is 0 Å². The van der Waals surface area contributed by atoms with Gasteiger partial charge in [-0.2, -0.15) is 0 Å². The van der Waals surface area contributed by atoms with E-state index in [1.165, 1.54) is 0 Å². The monoisotopic (exact) mass is 300 g/mol. The molecular weight excluding hydrogens is 288 g/mol. The van der Waals surface area contributed by atoms with Crippen LogP contribution in [-0.2, 0) is 9.59 Å². The van der Waals surface area contributed by atoms with Crippen molar-refractivity contribution in [2.75, 3.05) is 5.32 Å². The number of hydrogen-bond donors (Lipinski definition) is 4. The van der Waals surface area contributed by atoms with Gasteiger partial charge in [0.25, 0.3) is 0 Å². The predicted molar refractivity (Wildman–Crippen MR) is 72.0 cm³/mol. The maximum Gasteiger partial charge on any atom is 0.326 e. The number of aryl methyl sites for hydroxylation is 1. The molecule has 0 aliphatic rings. The molecular formula is C12H13ClN2O5. The molecule has 1 aromatic rings. The minimum atomic E-state index is -1.52. The summed E-state index contributed by atoms with van der Waals surface area (Å²) in [7, 11) is 0. The molecule has 0 fully saturated rings. The van der Waals surface area contributed by atoms with Gasteiger partial charge in [0.15, 0.2) is 0 Å². The molecule has 1 rings (SSSR count). The third-order valence-electron chi connectivity index (χ3n) is 2.35. The molecule has 0 heterocycles. The Morgan fingerprint density at radius 2 is 1.95 bits per heavy atom. The molecule has 0 bridgehead atoms. The Bertz CT molecular complexity index is 547. The molecule has 0 aliphatic carbocycles. The number of urea groups is 1. The topological polar surface area (TPSA) is 116 Å². The lowest BCUT2D eigenvalue weighted by molar-refractivity contribution is -0.145. The van der Waals surface area contributed by atoms with E-state index in [-0.39, 0.29) is 0 Å². The molecule has 0 spiro atoms. The molecule has 0 radical (unpaired) electrons. The first-order chi connectivity index (χ1) is 9.29. The second-order valence-electron chi connectivity index (χ2n) is 4.07. The minimum Gasteiger partial charge on any atom is -0.481 e. The van der Waals surface area contributed by atoms with Crippen molar-refractivity contribution in [2.45, 2.75) is 19.4 Å². The van der Waals surface area contributed by atoms with Crippen LogP contribution >= 0.6 is 11.6 Å². The highest BCUT2D eigenvalue weighted by atomic mass is 35.5. The second-order valence-corrected chi connectivity index (χ2v) is 4.48. The number of halogens is 1. The van der Waals surface area contributed by atoms with Crippen LogP contribution in [0, 0.1) is 6.92 Å². The molecule has 0 unspecified atom stereocenters. The van der Waals surface area contributed by atoms with E-state index in [4.69, 9.17) is 21.8 Å². The first-order valence-electron chi connectivity index (χ1n) is 5.58. The summed E-state index contributed by atoms with van der Waals surface area (Å²) >= 11 is 5.90. The third-order valence-corrected chi connectivity index (χ3v) is 2.67. The quantitative estimate of drug-likeness (QED) is 0.660. The normalized spacial score (nSPS) is 11.5. The largest absolute Gasteiger partial charge is 0.481 e. The molecule has 108 valence electrons. The van der Waals surface area contributed by atoms with Gasteiger partial charge in [0.05, 0.1) is 17.1 Å². The molecule has 1 atom stereocenters. The Balaban J connectivity index is 2.70. The average Bonchev–Trinajstić information content (AvgIpc) is 2.31. The number of aliphatic carboxylic acids is 2. The van der Waals surface area contributed by atoms with Crippen molar-refractivity contribution in [1.29, 1.82) is 0 Å². The number of carbonyl (C=O) groups excluding carboxylic acids is 1. The van der Waals surface area contributed by atoms with Crippen molar-refractivity contribution in [3.05, 3.63) is 28.8 Å². The summed E-state index contributed by atoms with van der Waals surface area (Å²) in [6.45, 7) is 1.82. The lowest BCUT2D eigenvalue weighted by Crippen LogP contribution is -2.44.